The minimum Gasteiger partial charge on any atom is -0.307 e. The first-order chi connectivity index (χ1) is 22.2. The molecule has 0 saturated carbocycles. The van der Waals surface area contributed by atoms with Gasteiger partial charge in [0.1, 0.15) is 11.3 Å². The number of fused-ring (bicyclic) bond motifs is 8. The first kappa shape index (κ1) is 23.7. The Balaban J connectivity index is 1.29. The number of rotatable bonds is 2. The number of nitrogens with zero attached hydrogens (tertiary/aromatic N) is 4. The highest BCUT2D eigenvalue weighted by molar-refractivity contribution is 6.12. The van der Waals surface area contributed by atoms with Crippen molar-refractivity contribution in [2.45, 2.75) is 19.5 Å². The molecule has 0 radical (unpaired) electrons. The lowest BCUT2D eigenvalue weighted by atomic mass is 9.84. The van der Waals surface area contributed by atoms with Gasteiger partial charge in [0, 0.05) is 29.8 Å². The molecule has 4 nitrogen and oxygen atoms in total. The summed E-state index contributed by atoms with van der Waals surface area (Å²) in [6.07, 6.45) is 2.29. The number of para-hydroxylation sites is 1. The van der Waals surface area contributed by atoms with E-state index >= 15 is 0 Å². The number of hydrogen-bond donors (Lipinski definition) is 0. The molecule has 1 unspecified atom stereocenters. The molecule has 3 aromatic heterocycles. The lowest BCUT2D eigenvalue weighted by molar-refractivity contribution is -0.989. The van der Waals surface area contributed by atoms with E-state index in [4.69, 9.17) is 0 Å². The van der Waals surface area contributed by atoms with Gasteiger partial charge in [0.25, 0.3) is 0 Å². The molecule has 1 atom stereocenters. The molecule has 0 aliphatic carbocycles. The molecule has 5 aromatic carbocycles. The van der Waals surface area contributed by atoms with E-state index < -0.39 is 5.66 Å². The van der Waals surface area contributed by atoms with E-state index in [2.05, 4.69) is 166 Å². The zero-order valence-corrected chi connectivity index (χ0v) is 25.0. The fourth-order valence-corrected chi connectivity index (χ4v) is 9.08. The van der Waals surface area contributed by atoms with Gasteiger partial charge in [-0.2, -0.15) is 0 Å². The highest BCUT2D eigenvalue weighted by Crippen LogP contribution is 2.55. The van der Waals surface area contributed by atoms with Gasteiger partial charge in [0.05, 0.1) is 33.5 Å². The maximum atomic E-state index is 2.60. The number of benzene rings is 5. The zero-order valence-electron chi connectivity index (χ0n) is 25.0. The fourth-order valence-electron chi connectivity index (χ4n) is 9.08. The Kier molecular flexibility index (Phi) is 4.13. The maximum absolute atomic E-state index is 2.60. The molecule has 1 spiro atoms. The van der Waals surface area contributed by atoms with Crippen LogP contribution in [0.1, 0.15) is 22.5 Å². The third-order valence-electron chi connectivity index (χ3n) is 10.7. The van der Waals surface area contributed by atoms with Crippen LogP contribution in [0.25, 0.3) is 66.7 Å². The van der Waals surface area contributed by atoms with Crippen LogP contribution in [0.5, 0.6) is 0 Å². The Labute approximate surface area is 260 Å². The van der Waals surface area contributed by atoms with E-state index in [1.807, 2.05) is 0 Å². The lowest BCUT2D eigenvalue weighted by Crippen LogP contribution is -2.74. The Hall–Kier alpha value is -5.74. The first-order valence-electron chi connectivity index (χ1n) is 15.7. The Morgan fingerprint density at radius 2 is 1.33 bits per heavy atom. The highest BCUT2D eigenvalue weighted by Gasteiger charge is 2.72. The SMILES string of the molecule is Cc1c(-c2ccc(-c3ccccc3)cc2)c(C)[n+]2n1-c1ccc3c4ccccc4n4c3c1C21c2c(cccc2-4)-c2cccc[n+]21. The first-order valence-corrected chi connectivity index (χ1v) is 15.7. The summed E-state index contributed by atoms with van der Waals surface area (Å²) in [4.78, 5) is 0. The predicted octanol–water partition coefficient (Wildman–Crippen LogP) is 8.01. The molecule has 210 valence electrons. The lowest BCUT2D eigenvalue weighted by Gasteiger charge is -2.24. The highest BCUT2D eigenvalue weighted by atomic mass is 15.5. The molecule has 4 heteroatoms. The van der Waals surface area contributed by atoms with E-state index in [1.165, 1.54) is 89.2 Å². The molecule has 45 heavy (non-hydrogen) atoms. The van der Waals surface area contributed by atoms with Gasteiger partial charge >= 0.3 is 5.66 Å². The van der Waals surface area contributed by atoms with Crippen molar-refractivity contribution >= 4 is 21.8 Å². The molecular weight excluding hydrogens is 548 g/mol. The summed E-state index contributed by atoms with van der Waals surface area (Å²) in [7, 11) is 0. The van der Waals surface area contributed by atoms with E-state index in [0.717, 1.165) is 0 Å². The molecule has 3 aliphatic heterocycles. The zero-order chi connectivity index (χ0) is 29.6. The van der Waals surface area contributed by atoms with Gasteiger partial charge in [0.2, 0.25) is 11.4 Å². The predicted molar refractivity (Wildman–Crippen MR) is 178 cm³/mol. The van der Waals surface area contributed by atoms with Crippen molar-refractivity contribution in [3.05, 3.63) is 156 Å². The van der Waals surface area contributed by atoms with Crippen LogP contribution < -0.4 is 9.25 Å². The van der Waals surface area contributed by atoms with Gasteiger partial charge < -0.3 is 4.57 Å². The van der Waals surface area contributed by atoms with E-state index in [9.17, 15) is 0 Å². The smallest absolute Gasteiger partial charge is 0.307 e. The molecule has 0 fully saturated rings. The van der Waals surface area contributed by atoms with E-state index in [0.29, 0.717) is 0 Å². The molecule has 0 N–H and O–H groups in total. The third-order valence-corrected chi connectivity index (χ3v) is 10.7. The summed E-state index contributed by atoms with van der Waals surface area (Å²) >= 11 is 0. The Morgan fingerprint density at radius 1 is 0.578 bits per heavy atom. The van der Waals surface area contributed by atoms with Crippen molar-refractivity contribution in [1.29, 1.82) is 0 Å². The number of aromatic nitrogens is 4. The average molecular weight is 577 g/mol. The molecule has 0 saturated heterocycles. The van der Waals surface area contributed by atoms with Gasteiger partial charge in [-0.05, 0) is 64.7 Å². The van der Waals surface area contributed by atoms with Gasteiger partial charge in [0.15, 0.2) is 11.8 Å². The third kappa shape index (κ3) is 2.52. The van der Waals surface area contributed by atoms with Crippen LogP contribution in [0.2, 0.25) is 0 Å². The van der Waals surface area contributed by atoms with Crippen LogP contribution >= 0.6 is 0 Å². The normalized spacial score (nSPS) is 16.3. The van der Waals surface area contributed by atoms with Gasteiger partial charge in [-0.25, -0.2) is 0 Å². The summed E-state index contributed by atoms with van der Waals surface area (Å²) in [5.74, 6) is 0. The van der Waals surface area contributed by atoms with Crippen LogP contribution in [-0.2, 0) is 5.66 Å². The van der Waals surface area contributed by atoms with Crippen LogP contribution in [0.15, 0.2) is 134 Å². The summed E-state index contributed by atoms with van der Waals surface area (Å²) in [5.41, 5.74) is 17.3. The quantitative estimate of drug-likeness (QED) is 0.186. The van der Waals surface area contributed by atoms with Gasteiger partial charge in [-0.3, -0.25) is 0 Å². The Bertz CT molecular complexity index is 2600. The summed E-state index contributed by atoms with van der Waals surface area (Å²) < 4.78 is 10.2. The van der Waals surface area contributed by atoms with E-state index in [-0.39, 0.29) is 0 Å². The summed E-state index contributed by atoms with van der Waals surface area (Å²) in [6, 6.07) is 46.9. The van der Waals surface area contributed by atoms with Crippen molar-refractivity contribution in [3.63, 3.8) is 0 Å². The fraction of sp³-hybridized carbons (Fsp3) is 0.0732. The van der Waals surface area contributed by atoms with Crippen LogP contribution in [-0.4, -0.2) is 9.25 Å². The summed E-state index contributed by atoms with van der Waals surface area (Å²) in [6.45, 7) is 4.61. The minimum atomic E-state index is -0.543. The monoisotopic (exact) mass is 576 g/mol. The second kappa shape index (κ2) is 7.85. The van der Waals surface area contributed by atoms with Gasteiger partial charge in [-0.1, -0.05) is 78.9 Å². The average Bonchev–Trinajstić information content (AvgIpc) is 3.77. The van der Waals surface area contributed by atoms with E-state index in [1.54, 1.807) is 0 Å². The van der Waals surface area contributed by atoms with Crippen molar-refractivity contribution in [2.75, 3.05) is 0 Å². The molecular formula is C41H28N4+2. The summed E-state index contributed by atoms with van der Waals surface area (Å²) in [5, 5.41) is 2.61. The van der Waals surface area contributed by atoms with Crippen molar-refractivity contribution in [2.24, 2.45) is 0 Å². The topological polar surface area (TPSA) is 17.6 Å². The molecule has 3 aliphatic rings. The molecule has 0 amide bonds. The molecule has 0 bridgehead atoms. The second-order valence-electron chi connectivity index (χ2n) is 12.6. The molecule has 6 heterocycles. The van der Waals surface area contributed by atoms with Crippen molar-refractivity contribution in [3.8, 4) is 44.9 Å². The molecule has 8 aromatic rings. The maximum Gasteiger partial charge on any atom is 0.444 e. The van der Waals surface area contributed by atoms with Crippen LogP contribution in [0, 0.1) is 13.8 Å². The Morgan fingerprint density at radius 3 is 2.20 bits per heavy atom. The van der Waals surface area contributed by atoms with Crippen molar-refractivity contribution < 1.29 is 9.25 Å². The van der Waals surface area contributed by atoms with Gasteiger partial charge in [-0.15, -0.1) is 9.25 Å². The number of hydrogen-bond acceptors (Lipinski definition) is 0. The second-order valence-corrected chi connectivity index (χ2v) is 12.6. The largest absolute Gasteiger partial charge is 0.444 e. The standard InChI is InChI=1S/C41H28N4/c1-25-37(29-20-18-28(19-21-29)27-11-4-3-5-12-27)26(2)45-41-38-32(33-15-8-9-24-42(33)41)14-10-17-35(38)43-34-16-7-6-13-30(34)31-22-23-36(44(25)45)39(41)40(31)43/h3-24H,1-2H3/q+2. The minimum absolute atomic E-state index is 0.543. The van der Waals surface area contributed by atoms with Crippen molar-refractivity contribution in [1.82, 2.24) is 9.25 Å². The molecule has 11 rings (SSSR count). The number of pyridine rings is 1. The van der Waals surface area contributed by atoms with Crippen LogP contribution in [0.3, 0.4) is 0 Å². The van der Waals surface area contributed by atoms with Crippen LogP contribution in [0.4, 0.5) is 0 Å².